The first-order chi connectivity index (χ1) is 15.7. The summed E-state index contributed by atoms with van der Waals surface area (Å²) < 4.78 is 0. The minimum Gasteiger partial charge on any atom is -0.363 e. The third-order valence-electron chi connectivity index (χ3n) is 6.18. The number of benzene rings is 2. The first kappa shape index (κ1) is 24.4. The monoisotopic (exact) mass is 451 g/mol. The summed E-state index contributed by atoms with van der Waals surface area (Å²) in [5.74, 6) is 1.06. The van der Waals surface area contributed by atoms with Crippen molar-refractivity contribution in [3.8, 4) is 0 Å². The number of hydrogen-bond donors (Lipinski definition) is 2. The molecule has 0 spiro atoms. The summed E-state index contributed by atoms with van der Waals surface area (Å²) in [7, 11) is 0. The number of aryl methyl sites for hydroxylation is 1. The summed E-state index contributed by atoms with van der Waals surface area (Å²) in [6.45, 7) is 8.51. The number of nitrogens with zero attached hydrogens (tertiary/aromatic N) is 1. The summed E-state index contributed by atoms with van der Waals surface area (Å²) in [4.78, 5) is 5.12. The van der Waals surface area contributed by atoms with Crippen LogP contribution in [0.1, 0.15) is 95.1 Å². The van der Waals surface area contributed by atoms with Gasteiger partial charge in [-0.15, -0.1) is 0 Å². The Morgan fingerprint density at radius 3 is 2.53 bits per heavy atom. The Labute approximate surface area is 199 Å². The Kier molecular flexibility index (Phi) is 9.23. The summed E-state index contributed by atoms with van der Waals surface area (Å²) >= 11 is 6.10. The Bertz CT molecular complexity index is 930. The molecule has 0 saturated carbocycles. The number of hydrogen-bond acceptors (Lipinski definition) is 3. The standard InChI is InChI=1S/C26H32ClN3.C2H6/c1-3-4-9-19-10-5-6-11-22(19)18(2)28-26-23-12-7-8-13-24(23)29-25(30-26)20-14-16-21(27)17-15-20;1-2/h5-6,10-11,14-18,25,29H,3-4,7-9,12-13H2,1-2H3,(H,28,30);1-2H3. The molecule has 2 aromatic rings. The van der Waals surface area contributed by atoms with Crippen LogP contribution in [0, 0.1) is 0 Å². The molecule has 0 radical (unpaired) electrons. The predicted octanol–water partition coefficient (Wildman–Crippen LogP) is 7.89. The van der Waals surface area contributed by atoms with Gasteiger partial charge in [0.05, 0.1) is 6.04 Å². The quantitative estimate of drug-likeness (QED) is 0.468. The van der Waals surface area contributed by atoms with Crippen LogP contribution in [0.25, 0.3) is 0 Å². The van der Waals surface area contributed by atoms with Crippen LogP contribution in [-0.2, 0) is 6.42 Å². The summed E-state index contributed by atoms with van der Waals surface area (Å²) in [6, 6.07) is 17.1. The van der Waals surface area contributed by atoms with Crippen LogP contribution in [0.2, 0.25) is 5.02 Å². The second kappa shape index (κ2) is 12.1. The average Bonchev–Trinajstić information content (AvgIpc) is 2.84. The van der Waals surface area contributed by atoms with Crippen molar-refractivity contribution >= 4 is 17.4 Å². The van der Waals surface area contributed by atoms with Crippen molar-refractivity contribution < 1.29 is 0 Å². The number of allylic oxidation sites excluding steroid dienone is 1. The van der Waals surface area contributed by atoms with Crippen molar-refractivity contribution in [3.63, 3.8) is 0 Å². The molecule has 4 rings (SSSR count). The topological polar surface area (TPSA) is 36.4 Å². The molecule has 0 aromatic heterocycles. The van der Waals surface area contributed by atoms with Crippen molar-refractivity contribution in [1.82, 2.24) is 10.6 Å². The van der Waals surface area contributed by atoms with Crippen LogP contribution < -0.4 is 10.6 Å². The van der Waals surface area contributed by atoms with Gasteiger partial charge < -0.3 is 10.6 Å². The molecule has 172 valence electrons. The lowest BCUT2D eigenvalue weighted by Crippen LogP contribution is -2.38. The lowest BCUT2D eigenvalue weighted by Gasteiger charge is -2.33. The molecular formula is C28H38ClN3. The molecule has 32 heavy (non-hydrogen) atoms. The van der Waals surface area contributed by atoms with E-state index in [9.17, 15) is 0 Å². The van der Waals surface area contributed by atoms with Gasteiger partial charge in [0, 0.05) is 16.3 Å². The Morgan fingerprint density at radius 2 is 1.78 bits per heavy atom. The van der Waals surface area contributed by atoms with Gasteiger partial charge in [0.25, 0.3) is 0 Å². The lowest BCUT2D eigenvalue weighted by atomic mass is 9.92. The fraction of sp³-hybridized carbons (Fsp3) is 0.464. The predicted molar refractivity (Wildman–Crippen MR) is 138 cm³/mol. The van der Waals surface area contributed by atoms with Gasteiger partial charge in [-0.3, -0.25) is 0 Å². The largest absolute Gasteiger partial charge is 0.363 e. The molecule has 2 aromatic carbocycles. The minimum atomic E-state index is -0.0656. The van der Waals surface area contributed by atoms with Gasteiger partial charge in [0.2, 0.25) is 0 Å². The normalized spacial score (nSPS) is 18.5. The maximum absolute atomic E-state index is 6.10. The van der Waals surface area contributed by atoms with Crippen molar-refractivity contribution in [3.05, 3.63) is 81.5 Å². The molecule has 2 unspecified atom stereocenters. The fourth-order valence-corrected chi connectivity index (χ4v) is 4.62. The maximum Gasteiger partial charge on any atom is 0.146 e. The zero-order valence-corrected chi connectivity index (χ0v) is 20.8. The Hall–Kier alpha value is -2.26. The van der Waals surface area contributed by atoms with Crippen molar-refractivity contribution in [2.45, 2.75) is 84.8 Å². The first-order valence-electron chi connectivity index (χ1n) is 12.3. The van der Waals surface area contributed by atoms with Gasteiger partial charge in [-0.25, -0.2) is 4.99 Å². The highest BCUT2D eigenvalue weighted by Crippen LogP contribution is 2.32. The molecule has 0 amide bonds. The molecule has 1 heterocycles. The number of halogens is 1. The number of amidine groups is 1. The molecule has 0 bridgehead atoms. The second-order valence-corrected chi connectivity index (χ2v) is 8.85. The zero-order chi connectivity index (χ0) is 22.9. The lowest BCUT2D eigenvalue weighted by molar-refractivity contribution is 0.536. The molecule has 0 saturated heterocycles. The summed E-state index contributed by atoms with van der Waals surface area (Å²) in [5.41, 5.74) is 6.69. The smallest absolute Gasteiger partial charge is 0.146 e. The van der Waals surface area contributed by atoms with Crippen molar-refractivity contribution in [1.29, 1.82) is 0 Å². The van der Waals surface area contributed by atoms with E-state index in [1.165, 1.54) is 48.1 Å². The van der Waals surface area contributed by atoms with Gasteiger partial charge in [0.1, 0.15) is 12.0 Å². The van der Waals surface area contributed by atoms with Crippen LogP contribution in [-0.4, -0.2) is 5.84 Å². The SMILES string of the molecule is CC.CCCCc1ccccc1C(C)NC1=NC(c2ccc(Cl)cc2)NC2=C1CCCC2. The maximum atomic E-state index is 6.10. The second-order valence-electron chi connectivity index (χ2n) is 8.41. The minimum absolute atomic E-state index is 0.0656. The number of aliphatic imine (C=N–C) groups is 1. The highest BCUT2D eigenvalue weighted by atomic mass is 35.5. The van der Waals surface area contributed by atoms with Gasteiger partial charge in [-0.1, -0.05) is 75.2 Å². The van der Waals surface area contributed by atoms with E-state index in [4.69, 9.17) is 16.6 Å². The van der Waals surface area contributed by atoms with Gasteiger partial charge in [0.15, 0.2) is 0 Å². The molecular weight excluding hydrogens is 414 g/mol. The van der Waals surface area contributed by atoms with E-state index in [0.29, 0.717) is 0 Å². The number of unbranched alkanes of at least 4 members (excludes halogenated alkanes) is 1. The van der Waals surface area contributed by atoms with Crippen molar-refractivity contribution in [2.24, 2.45) is 4.99 Å². The first-order valence-corrected chi connectivity index (χ1v) is 12.7. The van der Waals surface area contributed by atoms with E-state index in [-0.39, 0.29) is 12.2 Å². The molecule has 1 aliphatic heterocycles. The highest BCUT2D eigenvalue weighted by molar-refractivity contribution is 6.30. The highest BCUT2D eigenvalue weighted by Gasteiger charge is 2.27. The molecule has 2 aliphatic rings. The van der Waals surface area contributed by atoms with Crippen molar-refractivity contribution in [2.75, 3.05) is 0 Å². The third kappa shape index (κ3) is 5.95. The Morgan fingerprint density at radius 1 is 1.06 bits per heavy atom. The average molecular weight is 452 g/mol. The fourth-order valence-electron chi connectivity index (χ4n) is 4.49. The van der Waals surface area contributed by atoms with Crippen LogP contribution in [0.4, 0.5) is 0 Å². The van der Waals surface area contributed by atoms with E-state index in [1.807, 2.05) is 26.0 Å². The van der Waals surface area contributed by atoms with Crippen LogP contribution in [0.15, 0.2) is 64.8 Å². The van der Waals surface area contributed by atoms with E-state index in [2.05, 4.69) is 60.9 Å². The Balaban J connectivity index is 0.00000141. The zero-order valence-electron chi connectivity index (χ0n) is 20.0. The van der Waals surface area contributed by atoms with Gasteiger partial charge in [-0.2, -0.15) is 0 Å². The summed E-state index contributed by atoms with van der Waals surface area (Å²) in [6.07, 6.45) is 8.16. The molecule has 2 N–H and O–H groups in total. The van der Waals surface area contributed by atoms with Gasteiger partial charge >= 0.3 is 0 Å². The number of rotatable bonds is 6. The van der Waals surface area contributed by atoms with Gasteiger partial charge in [-0.05, 0) is 74.3 Å². The molecule has 0 fully saturated rings. The van der Waals surface area contributed by atoms with E-state index in [1.54, 1.807) is 0 Å². The molecule has 1 aliphatic carbocycles. The van der Waals surface area contributed by atoms with Crippen LogP contribution >= 0.6 is 11.6 Å². The summed E-state index contributed by atoms with van der Waals surface area (Å²) in [5, 5.41) is 8.23. The van der Waals surface area contributed by atoms with E-state index >= 15 is 0 Å². The van der Waals surface area contributed by atoms with E-state index in [0.717, 1.165) is 35.7 Å². The molecule has 3 nitrogen and oxygen atoms in total. The molecule has 4 heteroatoms. The third-order valence-corrected chi connectivity index (χ3v) is 6.44. The van der Waals surface area contributed by atoms with E-state index < -0.39 is 0 Å². The number of nitrogens with one attached hydrogen (secondary N) is 2. The van der Waals surface area contributed by atoms with Crippen LogP contribution in [0.5, 0.6) is 0 Å². The van der Waals surface area contributed by atoms with Crippen LogP contribution in [0.3, 0.4) is 0 Å². The molecule has 2 atom stereocenters.